The maximum atomic E-state index is 13.6. The molecular formula is C28H25FN4O2. The summed E-state index contributed by atoms with van der Waals surface area (Å²) in [5, 5.41) is 2.83. The third-order valence-electron chi connectivity index (χ3n) is 5.59. The number of benzene rings is 3. The van der Waals surface area contributed by atoms with E-state index in [4.69, 9.17) is 0 Å². The van der Waals surface area contributed by atoms with E-state index in [1.54, 1.807) is 0 Å². The summed E-state index contributed by atoms with van der Waals surface area (Å²) in [6.45, 7) is 2.23. The number of halogens is 1. The molecule has 4 aromatic rings. The molecule has 0 aliphatic rings. The number of rotatable bonds is 8. The molecule has 1 heterocycles. The van der Waals surface area contributed by atoms with Crippen molar-refractivity contribution in [1.29, 1.82) is 0 Å². The molecule has 1 atom stereocenters. The number of amides is 2. The molecule has 1 N–H and O–H groups in total. The quantitative estimate of drug-likeness (QED) is 0.395. The second kappa shape index (κ2) is 11.2. The van der Waals surface area contributed by atoms with E-state index >= 15 is 0 Å². The largest absolute Gasteiger partial charge is 0.324 e. The van der Waals surface area contributed by atoms with E-state index in [0.717, 1.165) is 11.1 Å². The number of aromatic nitrogens is 2. The maximum absolute atomic E-state index is 13.6. The van der Waals surface area contributed by atoms with Crippen LogP contribution in [0.25, 0.3) is 0 Å². The Kier molecular flexibility index (Phi) is 7.57. The van der Waals surface area contributed by atoms with Crippen molar-refractivity contribution in [2.24, 2.45) is 0 Å². The number of anilines is 1. The lowest BCUT2D eigenvalue weighted by molar-refractivity contribution is -0.120. The van der Waals surface area contributed by atoms with Crippen molar-refractivity contribution < 1.29 is 14.0 Å². The molecule has 0 aliphatic carbocycles. The predicted octanol–water partition coefficient (Wildman–Crippen LogP) is 4.99. The second-order valence-corrected chi connectivity index (χ2v) is 8.13. The first-order chi connectivity index (χ1) is 17.0. The Morgan fingerprint density at radius 2 is 1.66 bits per heavy atom. The van der Waals surface area contributed by atoms with Gasteiger partial charge in [0, 0.05) is 24.6 Å². The Morgan fingerprint density at radius 3 is 2.31 bits per heavy atom. The van der Waals surface area contributed by atoms with Gasteiger partial charge in [-0.05, 0) is 48.7 Å². The zero-order valence-corrected chi connectivity index (χ0v) is 19.3. The Bertz CT molecular complexity index is 1260. The number of nitrogens with one attached hydrogen (secondary N) is 1. The van der Waals surface area contributed by atoms with E-state index in [1.165, 1.54) is 47.8 Å². The molecule has 0 bridgehead atoms. The zero-order valence-electron chi connectivity index (χ0n) is 19.3. The van der Waals surface area contributed by atoms with E-state index < -0.39 is 23.7 Å². The first-order valence-electron chi connectivity index (χ1n) is 11.2. The molecule has 0 spiro atoms. The molecule has 176 valence electrons. The van der Waals surface area contributed by atoms with Crippen LogP contribution in [0.2, 0.25) is 0 Å². The molecule has 6 nitrogen and oxygen atoms in total. The SMILES string of the molecule is Cc1ccc(C(C(=O)Nc2ccc(F)cc2)N(CCc2ccccc2)C(=O)c2cnccn2)cc1. The number of nitrogens with zero attached hydrogens (tertiary/aromatic N) is 3. The fourth-order valence-electron chi connectivity index (χ4n) is 3.76. The molecular weight excluding hydrogens is 443 g/mol. The van der Waals surface area contributed by atoms with Crippen LogP contribution in [0, 0.1) is 12.7 Å². The van der Waals surface area contributed by atoms with Crippen LogP contribution in [0.4, 0.5) is 10.1 Å². The van der Waals surface area contributed by atoms with Gasteiger partial charge in [-0.3, -0.25) is 14.6 Å². The van der Waals surface area contributed by atoms with Gasteiger partial charge in [-0.15, -0.1) is 0 Å². The minimum atomic E-state index is -0.945. The number of carbonyl (C=O) groups is 2. The first-order valence-corrected chi connectivity index (χ1v) is 11.2. The highest BCUT2D eigenvalue weighted by Crippen LogP contribution is 2.26. The van der Waals surface area contributed by atoms with Crippen molar-refractivity contribution >= 4 is 17.5 Å². The molecule has 7 heteroatoms. The summed E-state index contributed by atoms with van der Waals surface area (Å²) in [5.41, 5.74) is 3.30. The average Bonchev–Trinajstić information content (AvgIpc) is 2.89. The van der Waals surface area contributed by atoms with Crippen molar-refractivity contribution in [1.82, 2.24) is 14.9 Å². The minimum absolute atomic E-state index is 0.146. The van der Waals surface area contributed by atoms with E-state index in [1.807, 2.05) is 61.5 Å². The third kappa shape index (κ3) is 6.14. The van der Waals surface area contributed by atoms with Crippen molar-refractivity contribution in [2.45, 2.75) is 19.4 Å². The van der Waals surface area contributed by atoms with Gasteiger partial charge in [0.2, 0.25) is 0 Å². The molecule has 2 amide bonds. The monoisotopic (exact) mass is 468 g/mol. The van der Waals surface area contributed by atoms with E-state index in [2.05, 4.69) is 15.3 Å². The van der Waals surface area contributed by atoms with Gasteiger partial charge in [-0.1, -0.05) is 60.2 Å². The fraction of sp³-hybridized carbons (Fsp3) is 0.143. The maximum Gasteiger partial charge on any atom is 0.275 e. The van der Waals surface area contributed by atoms with Crippen molar-refractivity contribution in [3.8, 4) is 0 Å². The summed E-state index contributed by atoms with van der Waals surface area (Å²) < 4.78 is 13.4. The topological polar surface area (TPSA) is 75.2 Å². The molecule has 0 radical (unpaired) electrons. The molecule has 4 rings (SSSR count). The lowest BCUT2D eigenvalue weighted by Gasteiger charge is -2.31. The molecule has 1 unspecified atom stereocenters. The molecule has 35 heavy (non-hydrogen) atoms. The Morgan fingerprint density at radius 1 is 0.943 bits per heavy atom. The van der Waals surface area contributed by atoms with Crippen LogP contribution in [-0.2, 0) is 11.2 Å². The lowest BCUT2D eigenvalue weighted by Crippen LogP contribution is -2.42. The summed E-state index contributed by atoms with van der Waals surface area (Å²) >= 11 is 0. The number of hydrogen-bond acceptors (Lipinski definition) is 4. The number of hydrogen-bond donors (Lipinski definition) is 1. The van der Waals surface area contributed by atoms with E-state index in [0.29, 0.717) is 17.7 Å². The minimum Gasteiger partial charge on any atom is -0.324 e. The van der Waals surface area contributed by atoms with Gasteiger partial charge in [0.15, 0.2) is 0 Å². The summed E-state index contributed by atoms with van der Waals surface area (Å²) in [7, 11) is 0. The van der Waals surface area contributed by atoms with Gasteiger partial charge in [0.05, 0.1) is 6.20 Å². The van der Waals surface area contributed by atoms with Crippen molar-refractivity contribution in [3.05, 3.63) is 126 Å². The number of carbonyl (C=O) groups excluding carboxylic acids is 2. The van der Waals surface area contributed by atoms with Crippen LogP contribution < -0.4 is 5.32 Å². The number of aryl methyl sites for hydroxylation is 1. The van der Waals surface area contributed by atoms with Gasteiger partial charge in [0.1, 0.15) is 17.6 Å². The first kappa shape index (κ1) is 23.8. The summed E-state index contributed by atoms with van der Waals surface area (Å²) in [4.78, 5) is 37.0. The van der Waals surface area contributed by atoms with Crippen LogP contribution >= 0.6 is 0 Å². The highest BCUT2D eigenvalue weighted by atomic mass is 19.1. The fourth-order valence-corrected chi connectivity index (χ4v) is 3.76. The van der Waals surface area contributed by atoms with Crippen LogP contribution in [0.3, 0.4) is 0 Å². The highest BCUT2D eigenvalue weighted by molar-refractivity contribution is 6.00. The molecule has 3 aromatic carbocycles. The molecule has 0 fully saturated rings. The molecule has 1 aromatic heterocycles. The van der Waals surface area contributed by atoms with Crippen LogP contribution in [0.5, 0.6) is 0 Å². The van der Waals surface area contributed by atoms with Crippen LogP contribution in [0.1, 0.15) is 33.2 Å². The third-order valence-corrected chi connectivity index (χ3v) is 5.59. The predicted molar refractivity (Wildman–Crippen MR) is 132 cm³/mol. The Balaban J connectivity index is 1.72. The normalized spacial score (nSPS) is 11.5. The van der Waals surface area contributed by atoms with Crippen molar-refractivity contribution in [3.63, 3.8) is 0 Å². The molecule has 0 aliphatic heterocycles. The summed E-state index contributed by atoms with van der Waals surface area (Å²) in [6.07, 6.45) is 4.87. The standard InChI is InChI=1S/C28H25FN4O2/c1-20-7-9-22(10-8-20)26(27(34)32-24-13-11-23(29)12-14-24)33(18-15-21-5-3-2-4-6-21)28(35)25-19-30-16-17-31-25/h2-14,16-17,19,26H,15,18H2,1H3,(H,32,34). The summed E-state index contributed by atoms with van der Waals surface area (Å²) in [6, 6.07) is 21.8. The van der Waals surface area contributed by atoms with E-state index in [9.17, 15) is 14.0 Å². The smallest absolute Gasteiger partial charge is 0.275 e. The van der Waals surface area contributed by atoms with Gasteiger partial charge >= 0.3 is 0 Å². The molecule has 0 saturated heterocycles. The Labute approximate surface area is 203 Å². The Hall–Kier alpha value is -4.39. The van der Waals surface area contributed by atoms with Gasteiger partial charge in [-0.2, -0.15) is 0 Å². The zero-order chi connectivity index (χ0) is 24.6. The summed E-state index contributed by atoms with van der Waals surface area (Å²) in [5.74, 6) is -1.22. The van der Waals surface area contributed by atoms with Crippen molar-refractivity contribution in [2.75, 3.05) is 11.9 Å². The lowest BCUT2D eigenvalue weighted by atomic mass is 10.0. The highest BCUT2D eigenvalue weighted by Gasteiger charge is 2.32. The van der Waals surface area contributed by atoms with Gasteiger partial charge in [0.25, 0.3) is 11.8 Å². The second-order valence-electron chi connectivity index (χ2n) is 8.13. The average molecular weight is 469 g/mol. The van der Waals surface area contributed by atoms with Crippen LogP contribution in [0.15, 0.2) is 97.5 Å². The van der Waals surface area contributed by atoms with Crippen LogP contribution in [-0.4, -0.2) is 33.2 Å². The molecule has 0 saturated carbocycles. The van der Waals surface area contributed by atoms with E-state index in [-0.39, 0.29) is 12.2 Å². The van der Waals surface area contributed by atoms with Gasteiger partial charge in [-0.25, -0.2) is 9.37 Å². The van der Waals surface area contributed by atoms with Gasteiger partial charge < -0.3 is 10.2 Å².